The van der Waals surface area contributed by atoms with Gasteiger partial charge in [0.05, 0.1) is 0 Å². The summed E-state index contributed by atoms with van der Waals surface area (Å²) in [4.78, 5) is 4.33. The molecule has 1 fully saturated rings. The van der Waals surface area contributed by atoms with E-state index in [1.54, 1.807) is 0 Å². The number of hydrogen-bond acceptors (Lipinski definition) is 4. The Kier molecular flexibility index (Phi) is 2.63. The molecule has 2 heterocycles. The molecule has 0 aliphatic carbocycles. The Balaban J connectivity index is 2.11. The summed E-state index contributed by atoms with van der Waals surface area (Å²) in [7, 11) is 0. The molecule has 4 nitrogen and oxygen atoms in total. The van der Waals surface area contributed by atoms with Crippen LogP contribution in [0.2, 0.25) is 0 Å². The van der Waals surface area contributed by atoms with Gasteiger partial charge in [0.25, 0.3) is 0 Å². The molecule has 1 aliphatic rings. The first-order valence-corrected chi connectivity index (χ1v) is 4.97. The van der Waals surface area contributed by atoms with E-state index in [9.17, 15) is 0 Å². The van der Waals surface area contributed by atoms with Crippen LogP contribution in [0.4, 0.5) is 0 Å². The molecular formula is C10H15N3O. The van der Waals surface area contributed by atoms with Crippen molar-refractivity contribution in [2.24, 2.45) is 0 Å². The Morgan fingerprint density at radius 3 is 2.79 bits per heavy atom. The molecule has 1 N–H and O–H groups in total. The van der Waals surface area contributed by atoms with Crippen molar-refractivity contribution >= 4 is 5.57 Å². The van der Waals surface area contributed by atoms with Crippen LogP contribution in [-0.4, -0.2) is 23.2 Å². The largest absolute Gasteiger partial charge is 0.339 e. The molecule has 4 heteroatoms. The minimum Gasteiger partial charge on any atom is -0.339 e. The van der Waals surface area contributed by atoms with E-state index in [1.807, 2.05) is 6.92 Å². The maximum Gasteiger partial charge on any atom is 0.230 e. The third-order valence-electron chi connectivity index (χ3n) is 2.51. The number of piperidine rings is 1. The monoisotopic (exact) mass is 193 g/mol. The average Bonchev–Trinajstić information content (AvgIpc) is 2.68. The molecule has 0 atom stereocenters. The first kappa shape index (κ1) is 9.40. The van der Waals surface area contributed by atoms with Crippen molar-refractivity contribution in [3.63, 3.8) is 0 Å². The number of nitrogens with one attached hydrogen (secondary N) is 1. The van der Waals surface area contributed by atoms with E-state index in [4.69, 9.17) is 4.52 Å². The van der Waals surface area contributed by atoms with E-state index in [0.717, 1.165) is 37.4 Å². The molecule has 0 unspecified atom stereocenters. The molecule has 2 rings (SSSR count). The molecular weight excluding hydrogens is 178 g/mol. The van der Waals surface area contributed by atoms with Gasteiger partial charge >= 0.3 is 0 Å². The van der Waals surface area contributed by atoms with Crippen molar-refractivity contribution in [2.45, 2.75) is 25.7 Å². The third-order valence-corrected chi connectivity index (χ3v) is 2.51. The number of hydrogen-bond donors (Lipinski definition) is 1. The van der Waals surface area contributed by atoms with Crippen LogP contribution in [0, 0.1) is 0 Å². The summed E-state index contributed by atoms with van der Waals surface area (Å²) in [6.07, 6.45) is 2.16. The van der Waals surface area contributed by atoms with E-state index in [0.29, 0.717) is 11.7 Å². The molecule has 0 radical (unpaired) electrons. The van der Waals surface area contributed by atoms with Gasteiger partial charge in [-0.1, -0.05) is 11.7 Å². The first-order valence-electron chi connectivity index (χ1n) is 4.97. The second-order valence-corrected chi connectivity index (χ2v) is 3.76. The lowest BCUT2D eigenvalue weighted by Crippen LogP contribution is -2.26. The van der Waals surface area contributed by atoms with Gasteiger partial charge in [0.15, 0.2) is 5.82 Å². The van der Waals surface area contributed by atoms with Crippen LogP contribution in [0.1, 0.15) is 37.4 Å². The minimum atomic E-state index is 0.428. The maximum atomic E-state index is 5.22. The summed E-state index contributed by atoms with van der Waals surface area (Å²) >= 11 is 0. The van der Waals surface area contributed by atoms with Gasteiger partial charge in [-0.2, -0.15) is 4.98 Å². The molecule has 76 valence electrons. The average molecular weight is 193 g/mol. The highest BCUT2D eigenvalue weighted by Crippen LogP contribution is 2.24. The van der Waals surface area contributed by atoms with Crippen LogP contribution in [0.15, 0.2) is 11.1 Å². The lowest BCUT2D eigenvalue weighted by molar-refractivity contribution is 0.319. The Labute approximate surface area is 83.4 Å². The highest BCUT2D eigenvalue weighted by Gasteiger charge is 2.21. The fraction of sp³-hybridized carbons (Fsp3) is 0.600. The van der Waals surface area contributed by atoms with E-state index < -0.39 is 0 Å². The van der Waals surface area contributed by atoms with Gasteiger partial charge in [0.2, 0.25) is 5.89 Å². The summed E-state index contributed by atoms with van der Waals surface area (Å²) in [5.41, 5.74) is 0.855. The van der Waals surface area contributed by atoms with Crippen molar-refractivity contribution in [3.8, 4) is 0 Å². The van der Waals surface area contributed by atoms with E-state index >= 15 is 0 Å². The molecule has 0 spiro atoms. The zero-order valence-electron chi connectivity index (χ0n) is 8.42. The molecule has 1 aromatic heterocycles. The first-order chi connectivity index (χ1) is 6.77. The van der Waals surface area contributed by atoms with Gasteiger partial charge in [-0.25, -0.2) is 0 Å². The summed E-state index contributed by atoms with van der Waals surface area (Å²) in [5.74, 6) is 1.83. The molecule has 0 aromatic carbocycles. The summed E-state index contributed by atoms with van der Waals surface area (Å²) in [6.45, 7) is 7.75. The Morgan fingerprint density at radius 2 is 2.21 bits per heavy atom. The van der Waals surface area contributed by atoms with Crippen molar-refractivity contribution in [3.05, 3.63) is 18.3 Å². The molecule has 1 saturated heterocycles. The van der Waals surface area contributed by atoms with E-state index in [2.05, 4.69) is 22.0 Å². The van der Waals surface area contributed by atoms with Gasteiger partial charge in [-0.3, -0.25) is 0 Å². The SMILES string of the molecule is C=C(C)c1noc(C2CCNCC2)n1. The Morgan fingerprint density at radius 1 is 1.50 bits per heavy atom. The number of allylic oxidation sites excluding steroid dienone is 1. The van der Waals surface area contributed by atoms with Crippen LogP contribution < -0.4 is 5.32 Å². The molecule has 0 bridgehead atoms. The summed E-state index contributed by atoms with van der Waals surface area (Å²) < 4.78 is 5.22. The summed E-state index contributed by atoms with van der Waals surface area (Å²) in [5, 5.41) is 7.19. The Bertz CT molecular complexity index is 326. The highest BCUT2D eigenvalue weighted by atomic mass is 16.5. The van der Waals surface area contributed by atoms with Crippen molar-refractivity contribution in [1.82, 2.24) is 15.5 Å². The Hall–Kier alpha value is -1.16. The van der Waals surface area contributed by atoms with Crippen molar-refractivity contribution < 1.29 is 4.52 Å². The zero-order valence-corrected chi connectivity index (χ0v) is 8.42. The van der Waals surface area contributed by atoms with Crippen LogP contribution in [0.5, 0.6) is 0 Å². The number of aromatic nitrogens is 2. The van der Waals surface area contributed by atoms with E-state index in [-0.39, 0.29) is 0 Å². The van der Waals surface area contributed by atoms with Gasteiger partial charge in [0.1, 0.15) is 0 Å². The van der Waals surface area contributed by atoms with Crippen LogP contribution in [-0.2, 0) is 0 Å². The highest BCUT2D eigenvalue weighted by molar-refractivity contribution is 5.53. The number of nitrogens with zero attached hydrogens (tertiary/aromatic N) is 2. The predicted octanol–water partition coefficient (Wildman–Crippen LogP) is 1.57. The topological polar surface area (TPSA) is 51.0 Å². The van der Waals surface area contributed by atoms with E-state index in [1.165, 1.54) is 0 Å². The lowest BCUT2D eigenvalue weighted by Gasteiger charge is -2.18. The standard InChI is InChI=1S/C10H15N3O/c1-7(2)9-12-10(14-13-9)8-3-5-11-6-4-8/h8,11H,1,3-6H2,2H3. The molecule has 0 amide bonds. The van der Waals surface area contributed by atoms with Crippen molar-refractivity contribution in [1.29, 1.82) is 0 Å². The van der Waals surface area contributed by atoms with Gasteiger partial charge in [-0.15, -0.1) is 0 Å². The lowest BCUT2D eigenvalue weighted by atomic mass is 9.98. The van der Waals surface area contributed by atoms with Crippen LogP contribution in [0.25, 0.3) is 5.57 Å². The fourth-order valence-corrected chi connectivity index (χ4v) is 1.64. The van der Waals surface area contributed by atoms with Crippen molar-refractivity contribution in [2.75, 3.05) is 13.1 Å². The maximum absolute atomic E-state index is 5.22. The zero-order chi connectivity index (χ0) is 9.97. The second kappa shape index (κ2) is 3.92. The molecule has 1 aliphatic heterocycles. The smallest absolute Gasteiger partial charge is 0.230 e. The quantitative estimate of drug-likeness (QED) is 0.774. The van der Waals surface area contributed by atoms with Crippen LogP contribution >= 0.6 is 0 Å². The molecule has 14 heavy (non-hydrogen) atoms. The molecule has 0 saturated carbocycles. The van der Waals surface area contributed by atoms with Crippen LogP contribution in [0.3, 0.4) is 0 Å². The normalized spacial score (nSPS) is 18.4. The minimum absolute atomic E-state index is 0.428. The second-order valence-electron chi connectivity index (χ2n) is 3.76. The molecule has 1 aromatic rings. The summed E-state index contributed by atoms with van der Waals surface area (Å²) in [6, 6.07) is 0. The fourth-order valence-electron chi connectivity index (χ4n) is 1.64. The number of rotatable bonds is 2. The van der Waals surface area contributed by atoms with Gasteiger partial charge < -0.3 is 9.84 Å². The third kappa shape index (κ3) is 1.85. The van der Waals surface area contributed by atoms with Gasteiger partial charge in [-0.05, 0) is 38.4 Å². The predicted molar refractivity (Wildman–Crippen MR) is 53.9 cm³/mol. The van der Waals surface area contributed by atoms with Gasteiger partial charge in [0, 0.05) is 5.92 Å².